The Hall–Kier alpha value is -2.61. The minimum Gasteiger partial charge on any atom is -0.352 e. The van der Waals surface area contributed by atoms with Crippen LogP contribution in [0.5, 0.6) is 0 Å². The number of amides is 1. The van der Waals surface area contributed by atoms with Gasteiger partial charge in [-0.05, 0) is 26.0 Å². The molecular formula is C16H18N4O. The zero-order valence-electron chi connectivity index (χ0n) is 12.4. The van der Waals surface area contributed by atoms with Crippen LogP contribution in [0, 0.1) is 11.3 Å². The molecule has 1 aromatic carbocycles. The summed E-state index contributed by atoms with van der Waals surface area (Å²) in [6.07, 6.45) is 0. The third-order valence-electron chi connectivity index (χ3n) is 3.02. The molecule has 1 N–H and O–H groups in total. The van der Waals surface area contributed by atoms with Crippen LogP contribution in [0.25, 0.3) is 10.9 Å². The van der Waals surface area contributed by atoms with E-state index in [0.29, 0.717) is 11.4 Å². The first-order chi connectivity index (χ1) is 10.0. The number of nitrogens with zero attached hydrogens (tertiary/aromatic N) is 3. The fourth-order valence-electron chi connectivity index (χ4n) is 2.14. The Kier molecular flexibility index (Phi) is 4.39. The molecule has 1 aromatic heterocycles. The predicted molar refractivity (Wildman–Crippen MR) is 83.0 cm³/mol. The highest BCUT2D eigenvalue weighted by atomic mass is 16.2. The molecule has 0 atom stereocenters. The molecule has 0 bridgehead atoms. The van der Waals surface area contributed by atoms with Gasteiger partial charge in [0, 0.05) is 18.5 Å². The molecule has 21 heavy (non-hydrogen) atoms. The lowest BCUT2D eigenvalue weighted by Gasteiger charge is -2.20. The van der Waals surface area contributed by atoms with Gasteiger partial charge in [0.1, 0.15) is 11.9 Å². The van der Waals surface area contributed by atoms with Gasteiger partial charge in [0.15, 0.2) is 0 Å². The van der Waals surface area contributed by atoms with E-state index in [1.807, 2.05) is 38.1 Å². The van der Waals surface area contributed by atoms with Crippen molar-refractivity contribution in [3.63, 3.8) is 0 Å². The van der Waals surface area contributed by atoms with Crippen molar-refractivity contribution in [2.75, 3.05) is 18.5 Å². The maximum absolute atomic E-state index is 11.8. The van der Waals surface area contributed by atoms with Gasteiger partial charge in [-0.2, -0.15) is 5.26 Å². The SMILES string of the molecule is CC(C)NC(=O)CN(C)c1nc2ccccc2cc1C#N. The number of likely N-dealkylation sites (N-methyl/N-ethyl adjacent to an activating group) is 1. The van der Waals surface area contributed by atoms with Gasteiger partial charge in [0.25, 0.3) is 0 Å². The monoisotopic (exact) mass is 282 g/mol. The van der Waals surface area contributed by atoms with Gasteiger partial charge >= 0.3 is 0 Å². The van der Waals surface area contributed by atoms with Crippen molar-refractivity contribution >= 4 is 22.6 Å². The van der Waals surface area contributed by atoms with E-state index >= 15 is 0 Å². The van der Waals surface area contributed by atoms with Crippen LogP contribution in [0.1, 0.15) is 19.4 Å². The number of hydrogen-bond acceptors (Lipinski definition) is 4. The molecule has 0 radical (unpaired) electrons. The molecule has 0 aliphatic carbocycles. The zero-order chi connectivity index (χ0) is 15.4. The van der Waals surface area contributed by atoms with Crippen LogP contribution in [0.3, 0.4) is 0 Å². The van der Waals surface area contributed by atoms with Crippen molar-refractivity contribution in [2.24, 2.45) is 0 Å². The summed E-state index contributed by atoms with van der Waals surface area (Å²) in [5.74, 6) is 0.432. The molecule has 0 saturated carbocycles. The van der Waals surface area contributed by atoms with Crippen LogP contribution < -0.4 is 10.2 Å². The van der Waals surface area contributed by atoms with E-state index in [4.69, 9.17) is 0 Å². The number of benzene rings is 1. The minimum atomic E-state index is -0.0913. The second-order valence-corrected chi connectivity index (χ2v) is 5.24. The smallest absolute Gasteiger partial charge is 0.239 e. The number of nitriles is 1. The quantitative estimate of drug-likeness (QED) is 0.932. The zero-order valence-corrected chi connectivity index (χ0v) is 12.4. The third kappa shape index (κ3) is 3.48. The van der Waals surface area contributed by atoms with Crippen molar-refractivity contribution < 1.29 is 4.79 Å². The first-order valence-electron chi connectivity index (χ1n) is 6.81. The molecule has 2 rings (SSSR count). The maximum Gasteiger partial charge on any atom is 0.239 e. The lowest BCUT2D eigenvalue weighted by atomic mass is 10.1. The Morgan fingerprint density at radius 3 is 2.81 bits per heavy atom. The van der Waals surface area contributed by atoms with Crippen LogP contribution in [-0.4, -0.2) is 30.5 Å². The Labute approximate surface area is 124 Å². The number of hydrogen-bond donors (Lipinski definition) is 1. The van der Waals surface area contributed by atoms with Crippen molar-refractivity contribution in [3.05, 3.63) is 35.9 Å². The van der Waals surface area contributed by atoms with Crippen molar-refractivity contribution in [1.29, 1.82) is 5.26 Å². The van der Waals surface area contributed by atoms with Crippen LogP contribution in [0.2, 0.25) is 0 Å². The van der Waals surface area contributed by atoms with E-state index in [-0.39, 0.29) is 18.5 Å². The summed E-state index contributed by atoms with van der Waals surface area (Å²) in [6, 6.07) is 11.6. The number of anilines is 1. The fourth-order valence-corrected chi connectivity index (χ4v) is 2.14. The number of rotatable bonds is 4. The Balaban J connectivity index is 2.31. The Morgan fingerprint density at radius 2 is 2.14 bits per heavy atom. The van der Waals surface area contributed by atoms with Gasteiger partial charge in [-0.1, -0.05) is 18.2 Å². The standard InChI is InChI=1S/C16H18N4O/c1-11(2)18-15(21)10-20(3)16-13(9-17)8-12-6-4-5-7-14(12)19-16/h4-8,11H,10H2,1-3H3,(H,18,21). The normalized spacial score (nSPS) is 10.4. The van der Waals surface area contributed by atoms with Gasteiger partial charge in [0.2, 0.25) is 5.91 Å². The van der Waals surface area contributed by atoms with Gasteiger partial charge < -0.3 is 10.2 Å². The highest BCUT2D eigenvalue weighted by molar-refractivity contribution is 5.85. The molecule has 1 heterocycles. The van der Waals surface area contributed by atoms with Gasteiger partial charge in [-0.15, -0.1) is 0 Å². The van der Waals surface area contributed by atoms with Gasteiger partial charge in [0.05, 0.1) is 17.6 Å². The first kappa shape index (κ1) is 14.8. The summed E-state index contributed by atoms with van der Waals surface area (Å²) in [5, 5.41) is 13.0. The largest absolute Gasteiger partial charge is 0.352 e. The molecule has 5 heteroatoms. The summed E-state index contributed by atoms with van der Waals surface area (Å²) >= 11 is 0. The lowest BCUT2D eigenvalue weighted by molar-refractivity contribution is -0.120. The van der Waals surface area contributed by atoms with Gasteiger partial charge in [-0.25, -0.2) is 4.98 Å². The van der Waals surface area contributed by atoms with Gasteiger partial charge in [-0.3, -0.25) is 4.79 Å². The van der Waals surface area contributed by atoms with E-state index in [1.165, 1.54) is 0 Å². The van der Waals surface area contributed by atoms with E-state index in [0.717, 1.165) is 10.9 Å². The number of nitrogens with one attached hydrogen (secondary N) is 1. The fraction of sp³-hybridized carbons (Fsp3) is 0.312. The summed E-state index contributed by atoms with van der Waals surface area (Å²) in [7, 11) is 1.76. The average Bonchev–Trinajstić information content (AvgIpc) is 2.44. The topological polar surface area (TPSA) is 69.0 Å². The first-order valence-corrected chi connectivity index (χ1v) is 6.81. The second kappa shape index (κ2) is 6.23. The maximum atomic E-state index is 11.8. The lowest BCUT2D eigenvalue weighted by Crippen LogP contribution is -2.39. The number of carbonyl (C=O) groups is 1. The van der Waals surface area contributed by atoms with Crippen molar-refractivity contribution in [2.45, 2.75) is 19.9 Å². The molecule has 2 aromatic rings. The number of para-hydroxylation sites is 1. The number of aromatic nitrogens is 1. The second-order valence-electron chi connectivity index (χ2n) is 5.24. The van der Waals surface area contributed by atoms with E-state index in [1.54, 1.807) is 18.0 Å². The van der Waals surface area contributed by atoms with E-state index < -0.39 is 0 Å². The van der Waals surface area contributed by atoms with Crippen LogP contribution in [-0.2, 0) is 4.79 Å². The summed E-state index contributed by atoms with van der Waals surface area (Å²) < 4.78 is 0. The summed E-state index contributed by atoms with van der Waals surface area (Å²) in [5.41, 5.74) is 1.27. The highest BCUT2D eigenvalue weighted by Gasteiger charge is 2.14. The molecule has 1 amide bonds. The minimum absolute atomic E-state index is 0.0888. The van der Waals surface area contributed by atoms with Crippen LogP contribution >= 0.6 is 0 Å². The number of carbonyl (C=O) groups excluding carboxylic acids is 1. The molecule has 0 spiro atoms. The van der Waals surface area contributed by atoms with Crippen molar-refractivity contribution in [1.82, 2.24) is 10.3 Å². The molecule has 5 nitrogen and oxygen atoms in total. The van der Waals surface area contributed by atoms with Crippen LogP contribution in [0.4, 0.5) is 5.82 Å². The molecule has 0 aliphatic rings. The summed E-state index contributed by atoms with van der Waals surface area (Å²) in [4.78, 5) is 18.0. The van der Waals surface area contributed by atoms with Crippen molar-refractivity contribution in [3.8, 4) is 6.07 Å². The Morgan fingerprint density at radius 1 is 1.43 bits per heavy atom. The molecule has 0 unspecified atom stereocenters. The molecule has 0 saturated heterocycles. The van der Waals surface area contributed by atoms with E-state index in [9.17, 15) is 10.1 Å². The summed E-state index contributed by atoms with van der Waals surface area (Å²) in [6.45, 7) is 3.98. The Bertz CT molecular complexity index is 703. The molecule has 108 valence electrons. The third-order valence-corrected chi connectivity index (χ3v) is 3.02. The predicted octanol–water partition coefficient (Wildman–Crippen LogP) is 2.07. The molecular weight excluding hydrogens is 264 g/mol. The molecule has 0 aliphatic heterocycles. The number of pyridine rings is 1. The molecule has 0 fully saturated rings. The van der Waals surface area contributed by atoms with Crippen LogP contribution in [0.15, 0.2) is 30.3 Å². The average molecular weight is 282 g/mol. The number of fused-ring (bicyclic) bond motifs is 1. The highest BCUT2D eigenvalue weighted by Crippen LogP contribution is 2.22. The van der Waals surface area contributed by atoms with E-state index in [2.05, 4.69) is 16.4 Å².